The third kappa shape index (κ3) is 2.74. The van der Waals surface area contributed by atoms with E-state index in [1.165, 1.54) is 0 Å². The zero-order chi connectivity index (χ0) is 6.57. The molecule has 0 aliphatic rings. The first kappa shape index (κ1) is 7.63. The second-order valence-corrected chi connectivity index (χ2v) is 3.45. The van der Waals surface area contributed by atoms with Crippen LogP contribution in [-0.4, -0.2) is 15.3 Å². The summed E-state index contributed by atoms with van der Waals surface area (Å²) in [4.78, 5) is 10.7. The Morgan fingerprint density at radius 3 is 2.38 bits per heavy atom. The Morgan fingerprint density at radius 1 is 1.75 bits per heavy atom. The van der Waals surface area contributed by atoms with Crippen LogP contribution in [0.1, 0.15) is 6.92 Å². The molecule has 0 atom stereocenters. The minimum Gasteiger partial charge on any atom is -0.295 e. The van der Waals surface area contributed by atoms with Crippen LogP contribution in [-0.2, 0) is 4.79 Å². The maximum Gasteiger partial charge on any atom is 0.154 e. The van der Waals surface area contributed by atoms with Crippen molar-refractivity contribution in [2.45, 2.75) is 19.5 Å². The molecule has 0 rings (SSSR count). The summed E-state index contributed by atoms with van der Waals surface area (Å²) in [6.07, 6.45) is 0. The van der Waals surface area contributed by atoms with Gasteiger partial charge in [-0.25, -0.2) is 0 Å². The third-order valence-electron chi connectivity index (χ3n) is 0.953. The second kappa shape index (κ2) is 3.61. The molecule has 1 nitrogen and oxygen atoms in total. The summed E-state index contributed by atoms with van der Waals surface area (Å²) in [5.74, 6) is 0.249. The van der Waals surface area contributed by atoms with Crippen molar-refractivity contribution in [2.75, 3.05) is 0 Å². The molecule has 0 aromatic carbocycles. The van der Waals surface area contributed by atoms with Crippen molar-refractivity contribution >= 4 is 15.3 Å². The van der Waals surface area contributed by atoms with Crippen molar-refractivity contribution in [3.63, 3.8) is 0 Å². The van der Waals surface area contributed by atoms with E-state index in [-0.39, 0.29) is 15.3 Å². The van der Waals surface area contributed by atoms with Gasteiger partial charge in [0.25, 0.3) is 0 Å². The molecular formula is C6H12OSi. The zero-order valence-electron chi connectivity index (χ0n) is 5.53. The van der Waals surface area contributed by atoms with Crippen LogP contribution in [0.4, 0.5) is 0 Å². The van der Waals surface area contributed by atoms with Gasteiger partial charge in [0.1, 0.15) is 0 Å². The molecule has 0 bridgehead atoms. The van der Waals surface area contributed by atoms with Crippen molar-refractivity contribution in [3.05, 3.63) is 12.2 Å². The predicted octanol–water partition coefficient (Wildman–Crippen LogP) is 0.767. The highest BCUT2D eigenvalue weighted by Gasteiger charge is 1.97. The molecule has 0 spiro atoms. The molecule has 2 heteroatoms. The van der Waals surface area contributed by atoms with Gasteiger partial charge in [0.15, 0.2) is 5.78 Å². The number of ketones is 1. The third-order valence-corrected chi connectivity index (χ3v) is 1.91. The lowest BCUT2D eigenvalue weighted by Crippen LogP contribution is -1.99. The summed E-state index contributed by atoms with van der Waals surface area (Å²) in [5.41, 5.74) is 0.708. The van der Waals surface area contributed by atoms with Gasteiger partial charge >= 0.3 is 0 Å². The zero-order valence-corrected chi connectivity index (χ0v) is 6.94. The van der Waals surface area contributed by atoms with Crippen LogP contribution in [0.3, 0.4) is 0 Å². The van der Waals surface area contributed by atoms with Crippen molar-refractivity contribution in [2.24, 2.45) is 0 Å². The largest absolute Gasteiger partial charge is 0.295 e. The Kier molecular flexibility index (Phi) is 3.44. The summed E-state index contributed by atoms with van der Waals surface area (Å²) in [7, 11) is -0.0866. The maximum atomic E-state index is 10.7. The summed E-state index contributed by atoms with van der Waals surface area (Å²) >= 11 is 0. The van der Waals surface area contributed by atoms with Crippen molar-refractivity contribution in [3.8, 4) is 0 Å². The molecule has 0 aliphatic heterocycles. The lowest BCUT2D eigenvalue weighted by atomic mass is 10.2. The van der Waals surface area contributed by atoms with Crippen LogP contribution < -0.4 is 0 Å². The van der Waals surface area contributed by atoms with E-state index in [0.717, 1.165) is 6.04 Å². The first-order valence-corrected chi connectivity index (χ1v) is 5.28. The maximum absolute atomic E-state index is 10.7. The van der Waals surface area contributed by atoms with Crippen LogP contribution in [0.5, 0.6) is 0 Å². The molecule has 0 saturated heterocycles. The Morgan fingerprint density at radius 2 is 2.25 bits per heavy atom. The molecule has 46 valence electrons. The van der Waals surface area contributed by atoms with Gasteiger partial charge in [0, 0.05) is 9.52 Å². The number of carbonyl (C=O) groups excluding carboxylic acids is 1. The smallest absolute Gasteiger partial charge is 0.154 e. The highest BCUT2D eigenvalue weighted by molar-refractivity contribution is 6.41. The van der Waals surface area contributed by atoms with Gasteiger partial charge < -0.3 is 0 Å². The summed E-state index contributed by atoms with van der Waals surface area (Å²) < 4.78 is 0. The Labute approximate surface area is 52.6 Å². The number of Topliss-reactive ketones (excluding diaryl/α,β-unsaturated/α-hetero) is 1. The van der Waals surface area contributed by atoms with Gasteiger partial charge in [0.2, 0.25) is 0 Å². The Bertz CT molecular complexity index is 107. The fourth-order valence-corrected chi connectivity index (χ4v) is 1.32. The molecule has 0 N–H and O–H groups in total. The second-order valence-electron chi connectivity index (χ2n) is 1.95. The molecule has 0 unspecified atom stereocenters. The quantitative estimate of drug-likeness (QED) is 0.405. The molecule has 0 amide bonds. The van der Waals surface area contributed by atoms with Gasteiger partial charge in [-0.2, -0.15) is 0 Å². The Balaban J connectivity index is 3.49. The van der Waals surface area contributed by atoms with E-state index in [1.54, 1.807) is 6.92 Å². The summed E-state index contributed by atoms with van der Waals surface area (Å²) in [6.45, 7) is 7.44. The van der Waals surface area contributed by atoms with Crippen molar-refractivity contribution < 1.29 is 4.79 Å². The van der Waals surface area contributed by atoms with E-state index in [9.17, 15) is 4.79 Å². The van der Waals surface area contributed by atoms with E-state index in [0.29, 0.717) is 5.57 Å². The number of allylic oxidation sites excluding steroid dienone is 1. The molecule has 0 heterocycles. The van der Waals surface area contributed by atoms with Gasteiger partial charge in [-0.3, -0.25) is 4.79 Å². The average Bonchev–Trinajstić information content (AvgIpc) is 1.67. The fourth-order valence-electron chi connectivity index (χ4n) is 0.440. The van der Waals surface area contributed by atoms with E-state index in [4.69, 9.17) is 0 Å². The first-order chi connectivity index (χ1) is 3.68. The number of hydrogen-bond acceptors (Lipinski definition) is 1. The molecule has 0 aromatic heterocycles. The highest BCUT2D eigenvalue weighted by Crippen LogP contribution is 1.93. The van der Waals surface area contributed by atoms with Crippen molar-refractivity contribution in [1.29, 1.82) is 0 Å². The van der Waals surface area contributed by atoms with Gasteiger partial charge in [-0.1, -0.05) is 13.1 Å². The fraction of sp³-hybridized carbons (Fsp3) is 0.500. The van der Waals surface area contributed by atoms with Gasteiger partial charge in [0.05, 0.1) is 0 Å². The topological polar surface area (TPSA) is 17.1 Å². The summed E-state index contributed by atoms with van der Waals surface area (Å²) in [5, 5.41) is 0. The van der Waals surface area contributed by atoms with E-state index in [2.05, 4.69) is 13.1 Å². The number of hydrogen-bond donors (Lipinski definition) is 0. The SMILES string of the molecule is C=C(C)C(=O)C[SiH2]C. The molecule has 0 aromatic rings. The monoisotopic (exact) mass is 128 g/mol. The molecule has 0 fully saturated rings. The lowest BCUT2D eigenvalue weighted by Gasteiger charge is -1.91. The van der Waals surface area contributed by atoms with Gasteiger partial charge in [-0.05, 0) is 18.5 Å². The molecule has 0 saturated carbocycles. The lowest BCUT2D eigenvalue weighted by molar-refractivity contribution is -0.113. The van der Waals surface area contributed by atoms with E-state index >= 15 is 0 Å². The molecule has 0 aliphatic carbocycles. The van der Waals surface area contributed by atoms with Crippen LogP contribution in [0, 0.1) is 0 Å². The van der Waals surface area contributed by atoms with Crippen molar-refractivity contribution in [1.82, 2.24) is 0 Å². The van der Waals surface area contributed by atoms with Gasteiger partial charge in [-0.15, -0.1) is 0 Å². The Hall–Kier alpha value is -0.373. The number of carbonyl (C=O) groups is 1. The summed E-state index contributed by atoms with van der Waals surface area (Å²) in [6, 6.07) is 0.787. The van der Waals surface area contributed by atoms with Crippen LogP contribution in [0.25, 0.3) is 0 Å². The normalized spacial score (nSPS) is 10.2. The minimum absolute atomic E-state index is 0.0866. The molecular weight excluding hydrogens is 116 g/mol. The molecule has 8 heavy (non-hydrogen) atoms. The van der Waals surface area contributed by atoms with E-state index < -0.39 is 0 Å². The van der Waals surface area contributed by atoms with Crippen LogP contribution >= 0.6 is 0 Å². The highest BCUT2D eigenvalue weighted by atomic mass is 28.2. The van der Waals surface area contributed by atoms with E-state index in [1.807, 2.05) is 0 Å². The van der Waals surface area contributed by atoms with Crippen LogP contribution in [0.2, 0.25) is 12.6 Å². The number of rotatable bonds is 3. The molecule has 0 radical (unpaired) electrons. The predicted molar refractivity (Wildman–Crippen MR) is 39.0 cm³/mol. The minimum atomic E-state index is -0.0866. The van der Waals surface area contributed by atoms with Crippen LogP contribution in [0.15, 0.2) is 12.2 Å². The first-order valence-electron chi connectivity index (χ1n) is 2.87. The standard InChI is InChI=1S/C6H12OSi/c1-5(2)6(7)4-8-3/h1,4,8H2,2-3H3. The average molecular weight is 128 g/mol.